The van der Waals surface area contributed by atoms with Gasteiger partial charge in [0.1, 0.15) is 5.82 Å². The van der Waals surface area contributed by atoms with Crippen molar-refractivity contribution in [3.8, 4) is 0 Å². The molecule has 1 unspecified atom stereocenters. The minimum absolute atomic E-state index is 0.0777. The minimum Gasteiger partial charge on any atom is -0.481 e. The number of carboxylic acids is 1. The van der Waals surface area contributed by atoms with E-state index in [1.807, 2.05) is 0 Å². The van der Waals surface area contributed by atoms with Gasteiger partial charge in [0.05, 0.1) is 23.0 Å². The molecule has 0 aromatic heterocycles. The van der Waals surface area contributed by atoms with Gasteiger partial charge in [-0.15, -0.1) is 0 Å². The van der Waals surface area contributed by atoms with Gasteiger partial charge in [-0.25, -0.2) is 4.39 Å². The van der Waals surface area contributed by atoms with Crippen LogP contribution in [0, 0.1) is 5.82 Å². The van der Waals surface area contributed by atoms with Gasteiger partial charge in [-0.05, 0) is 12.1 Å². The van der Waals surface area contributed by atoms with Gasteiger partial charge in [0, 0.05) is 18.1 Å². The van der Waals surface area contributed by atoms with Crippen molar-refractivity contribution < 1.29 is 19.1 Å². The van der Waals surface area contributed by atoms with E-state index in [0.29, 0.717) is 12.3 Å². The smallest absolute Gasteiger partial charge is 0.305 e. The van der Waals surface area contributed by atoms with Crippen molar-refractivity contribution in [1.82, 2.24) is 4.90 Å². The third-order valence-electron chi connectivity index (χ3n) is 3.08. The van der Waals surface area contributed by atoms with E-state index in [0.717, 1.165) is 5.75 Å². The summed E-state index contributed by atoms with van der Waals surface area (Å²) in [6.07, 6.45) is -0.119. The maximum atomic E-state index is 13.4. The van der Waals surface area contributed by atoms with E-state index >= 15 is 0 Å². The van der Waals surface area contributed by atoms with Gasteiger partial charge in [-0.3, -0.25) is 9.59 Å². The SMILES string of the molecule is O=C(O)CC1CSCCN1C(=O)c1cccc(F)c1Cl. The number of benzene rings is 1. The van der Waals surface area contributed by atoms with Crippen LogP contribution >= 0.6 is 23.4 Å². The van der Waals surface area contributed by atoms with Gasteiger partial charge in [0.25, 0.3) is 5.91 Å². The predicted molar refractivity (Wildman–Crippen MR) is 75.8 cm³/mol. The second kappa shape index (κ2) is 6.45. The van der Waals surface area contributed by atoms with Crippen molar-refractivity contribution >= 4 is 35.2 Å². The number of carbonyl (C=O) groups excluding carboxylic acids is 1. The molecule has 20 heavy (non-hydrogen) atoms. The van der Waals surface area contributed by atoms with Crippen molar-refractivity contribution in [2.45, 2.75) is 12.5 Å². The minimum atomic E-state index is -0.958. The lowest BCUT2D eigenvalue weighted by atomic mass is 10.1. The number of halogens is 2. The van der Waals surface area contributed by atoms with Gasteiger partial charge < -0.3 is 10.0 Å². The zero-order valence-corrected chi connectivity index (χ0v) is 12.1. The summed E-state index contributed by atoms with van der Waals surface area (Å²) in [6, 6.07) is 3.66. The molecule has 1 heterocycles. The summed E-state index contributed by atoms with van der Waals surface area (Å²) in [5, 5.41) is 8.68. The second-order valence-electron chi connectivity index (χ2n) is 4.43. The quantitative estimate of drug-likeness (QED) is 0.930. The number of aliphatic carboxylic acids is 1. The molecule has 0 spiro atoms. The van der Waals surface area contributed by atoms with Crippen molar-refractivity contribution in [2.75, 3.05) is 18.1 Å². The Bertz CT molecular complexity index is 540. The molecule has 0 radical (unpaired) electrons. The summed E-state index contributed by atoms with van der Waals surface area (Å²) in [5.74, 6) is -0.736. The summed E-state index contributed by atoms with van der Waals surface area (Å²) in [7, 11) is 0. The molecule has 2 rings (SSSR count). The highest BCUT2D eigenvalue weighted by atomic mass is 35.5. The summed E-state index contributed by atoms with van der Waals surface area (Å²) < 4.78 is 13.4. The number of hydrogen-bond donors (Lipinski definition) is 1. The number of amides is 1. The molecule has 0 bridgehead atoms. The molecule has 1 aromatic carbocycles. The first-order valence-electron chi connectivity index (χ1n) is 6.05. The number of rotatable bonds is 3. The Hall–Kier alpha value is -1.27. The Balaban J connectivity index is 2.25. The van der Waals surface area contributed by atoms with Crippen LogP contribution in [0.2, 0.25) is 5.02 Å². The summed E-state index contributed by atoms with van der Waals surface area (Å²) in [4.78, 5) is 24.8. The molecule has 0 saturated carbocycles. The Morgan fingerprint density at radius 1 is 1.50 bits per heavy atom. The Morgan fingerprint density at radius 3 is 2.95 bits per heavy atom. The van der Waals surface area contributed by atoms with E-state index in [-0.39, 0.29) is 17.0 Å². The van der Waals surface area contributed by atoms with E-state index in [1.165, 1.54) is 23.1 Å². The van der Waals surface area contributed by atoms with Gasteiger partial charge in [0.15, 0.2) is 0 Å². The van der Waals surface area contributed by atoms with E-state index in [2.05, 4.69) is 0 Å². The normalized spacial score (nSPS) is 18.9. The molecule has 1 aliphatic heterocycles. The number of nitrogens with zero attached hydrogens (tertiary/aromatic N) is 1. The van der Waals surface area contributed by atoms with E-state index < -0.39 is 23.7 Å². The standard InChI is InChI=1S/C13H13ClFNO3S/c14-12-9(2-1-3-10(12)15)13(19)16-4-5-20-7-8(16)6-11(17)18/h1-3,8H,4-7H2,(H,17,18). The molecule has 1 aromatic rings. The van der Waals surface area contributed by atoms with Crippen LogP contribution in [0.4, 0.5) is 4.39 Å². The Morgan fingerprint density at radius 2 is 2.25 bits per heavy atom. The molecular formula is C13H13ClFNO3S. The number of carboxylic acid groups (broad SMARTS) is 1. The number of hydrogen-bond acceptors (Lipinski definition) is 3. The molecule has 1 amide bonds. The van der Waals surface area contributed by atoms with Crippen LogP contribution in [0.5, 0.6) is 0 Å². The third kappa shape index (κ3) is 3.24. The highest BCUT2D eigenvalue weighted by Gasteiger charge is 2.30. The molecule has 7 heteroatoms. The number of thioether (sulfide) groups is 1. The van der Waals surface area contributed by atoms with Crippen molar-refractivity contribution in [3.63, 3.8) is 0 Å². The average molecular weight is 318 g/mol. The first kappa shape index (κ1) is 15.1. The molecule has 108 valence electrons. The summed E-state index contributed by atoms with van der Waals surface area (Å²) in [6.45, 7) is 0.439. The van der Waals surface area contributed by atoms with Crippen LogP contribution in [0.1, 0.15) is 16.8 Å². The molecule has 1 aliphatic rings. The molecule has 1 atom stereocenters. The number of carbonyl (C=O) groups is 2. The zero-order chi connectivity index (χ0) is 14.7. The monoisotopic (exact) mass is 317 g/mol. The van der Waals surface area contributed by atoms with E-state index in [1.54, 1.807) is 11.8 Å². The van der Waals surface area contributed by atoms with Gasteiger partial charge in [0.2, 0.25) is 0 Å². The zero-order valence-electron chi connectivity index (χ0n) is 10.5. The maximum absolute atomic E-state index is 13.4. The van der Waals surface area contributed by atoms with Crippen LogP contribution in [-0.4, -0.2) is 46.0 Å². The first-order chi connectivity index (χ1) is 9.50. The Kier molecular flexibility index (Phi) is 4.88. The molecule has 1 saturated heterocycles. The third-order valence-corrected chi connectivity index (χ3v) is 4.56. The second-order valence-corrected chi connectivity index (χ2v) is 5.95. The molecule has 1 fully saturated rings. The first-order valence-corrected chi connectivity index (χ1v) is 7.58. The largest absolute Gasteiger partial charge is 0.481 e. The molecule has 4 nitrogen and oxygen atoms in total. The lowest BCUT2D eigenvalue weighted by Crippen LogP contribution is -2.47. The van der Waals surface area contributed by atoms with Crippen LogP contribution in [0.3, 0.4) is 0 Å². The van der Waals surface area contributed by atoms with Crippen LogP contribution in [0.25, 0.3) is 0 Å². The lowest BCUT2D eigenvalue weighted by molar-refractivity contribution is -0.138. The Labute approximate surface area is 124 Å². The fourth-order valence-corrected chi connectivity index (χ4v) is 3.39. The fourth-order valence-electron chi connectivity index (χ4n) is 2.12. The fraction of sp³-hybridized carbons (Fsp3) is 0.385. The van der Waals surface area contributed by atoms with Gasteiger partial charge in [-0.1, -0.05) is 17.7 Å². The summed E-state index contributed by atoms with van der Waals surface area (Å²) >= 11 is 7.42. The molecule has 0 aliphatic carbocycles. The lowest BCUT2D eigenvalue weighted by Gasteiger charge is -2.34. The predicted octanol–water partition coefficient (Wildman–Crippen LogP) is 2.51. The highest BCUT2D eigenvalue weighted by molar-refractivity contribution is 7.99. The van der Waals surface area contributed by atoms with Crippen LogP contribution in [-0.2, 0) is 4.79 Å². The highest BCUT2D eigenvalue weighted by Crippen LogP contribution is 2.25. The van der Waals surface area contributed by atoms with Crippen molar-refractivity contribution in [2.24, 2.45) is 0 Å². The summed E-state index contributed by atoms with van der Waals surface area (Å²) in [5.41, 5.74) is 0.0777. The van der Waals surface area contributed by atoms with Crippen molar-refractivity contribution in [3.05, 3.63) is 34.6 Å². The topological polar surface area (TPSA) is 57.6 Å². The van der Waals surface area contributed by atoms with E-state index in [4.69, 9.17) is 16.7 Å². The van der Waals surface area contributed by atoms with Crippen LogP contribution in [0.15, 0.2) is 18.2 Å². The van der Waals surface area contributed by atoms with E-state index in [9.17, 15) is 14.0 Å². The molecule has 1 N–H and O–H groups in total. The van der Waals surface area contributed by atoms with Gasteiger partial charge >= 0.3 is 5.97 Å². The molecular weight excluding hydrogens is 305 g/mol. The average Bonchev–Trinajstić information content (AvgIpc) is 2.41. The van der Waals surface area contributed by atoms with Gasteiger partial charge in [-0.2, -0.15) is 11.8 Å². The van der Waals surface area contributed by atoms with Crippen LogP contribution < -0.4 is 0 Å². The van der Waals surface area contributed by atoms with Crippen molar-refractivity contribution in [1.29, 1.82) is 0 Å². The maximum Gasteiger partial charge on any atom is 0.305 e.